The first-order chi connectivity index (χ1) is 7.81. The van der Waals surface area contributed by atoms with E-state index in [9.17, 15) is 0 Å². The van der Waals surface area contributed by atoms with Crippen LogP contribution in [0.25, 0.3) is 11.1 Å². The third kappa shape index (κ3) is 2.18. The number of hydrogen-bond acceptors (Lipinski definition) is 3. The molecule has 0 unspecified atom stereocenters. The second-order valence-electron chi connectivity index (χ2n) is 3.21. The highest BCUT2D eigenvalue weighted by Crippen LogP contribution is 2.25. The molecule has 0 saturated heterocycles. The number of hydrogen-bond donors (Lipinski definition) is 0. The normalized spacial score (nSPS) is 9.75. The average Bonchev–Trinajstić information content (AvgIpc) is 2.31. The Morgan fingerprint density at radius 1 is 1.19 bits per heavy atom. The molecule has 16 heavy (non-hydrogen) atoms. The van der Waals surface area contributed by atoms with Crippen molar-refractivity contribution in [3.8, 4) is 17.2 Å². The summed E-state index contributed by atoms with van der Waals surface area (Å²) in [5, 5.41) is 8.97. The highest BCUT2D eigenvalue weighted by atomic mass is 35.5. The molecule has 0 aliphatic heterocycles. The average molecular weight is 230 g/mol. The third-order valence-electron chi connectivity index (χ3n) is 2.16. The summed E-state index contributed by atoms with van der Waals surface area (Å²) in [6.45, 7) is 0. The Hall–Kier alpha value is -1.92. The third-order valence-corrected chi connectivity index (χ3v) is 2.45. The van der Waals surface area contributed by atoms with Crippen molar-refractivity contribution in [2.45, 2.75) is 6.42 Å². The molecule has 0 aliphatic rings. The van der Waals surface area contributed by atoms with Crippen molar-refractivity contribution >= 4 is 11.6 Å². The molecule has 0 radical (unpaired) electrons. The number of rotatable bonds is 2. The van der Waals surface area contributed by atoms with Crippen LogP contribution >= 0.6 is 11.6 Å². The Balaban J connectivity index is 2.41. The molecule has 0 saturated carbocycles. The molecule has 0 aliphatic carbocycles. The van der Waals surface area contributed by atoms with E-state index in [4.69, 9.17) is 16.9 Å². The van der Waals surface area contributed by atoms with Gasteiger partial charge in [0.2, 0.25) is 0 Å². The molecule has 0 aromatic carbocycles. The summed E-state index contributed by atoms with van der Waals surface area (Å²) in [4.78, 5) is 8.10. The van der Waals surface area contributed by atoms with Crippen LogP contribution in [0, 0.1) is 11.3 Å². The van der Waals surface area contributed by atoms with Gasteiger partial charge in [-0.25, -0.2) is 4.98 Å². The predicted octanol–water partition coefficient (Wildman–Crippen LogP) is 2.86. The fraction of sp³-hybridized carbons (Fsp3) is 0.0833. The summed E-state index contributed by atoms with van der Waals surface area (Å²) in [6, 6.07) is 9.46. The molecule has 0 bridgehead atoms. The van der Waals surface area contributed by atoms with Gasteiger partial charge in [-0.15, -0.1) is 0 Å². The molecule has 78 valence electrons. The van der Waals surface area contributed by atoms with Crippen LogP contribution in [-0.4, -0.2) is 9.97 Å². The van der Waals surface area contributed by atoms with E-state index in [0.29, 0.717) is 10.8 Å². The van der Waals surface area contributed by atoms with Gasteiger partial charge < -0.3 is 0 Å². The first-order valence-corrected chi connectivity index (χ1v) is 5.12. The zero-order valence-electron chi connectivity index (χ0n) is 8.39. The lowest BCUT2D eigenvalue weighted by atomic mass is 10.1. The zero-order valence-corrected chi connectivity index (χ0v) is 9.15. The Labute approximate surface area is 98.4 Å². The molecular weight excluding hydrogens is 222 g/mol. The quantitative estimate of drug-likeness (QED) is 0.744. The van der Waals surface area contributed by atoms with E-state index in [2.05, 4.69) is 9.97 Å². The minimum Gasteiger partial charge on any atom is -0.265 e. The highest BCUT2D eigenvalue weighted by Gasteiger charge is 2.05. The molecule has 4 heteroatoms. The molecule has 0 N–H and O–H groups in total. The van der Waals surface area contributed by atoms with Gasteiger partial charge in [0.1, 0.15) is 5.15 Å². The molecule has 2 aromatic heterocycles. The second kappa shape index (κ2) is 4.73. The molecule has 0 spiro atoms. The SMILES string of the molecule is N#CCc1ccc(-c2ccncc2)c(Cl)n1. The monoisotopic (exact) mass is 229 g/mol. The minimum absolute atomic E-state index is 0.274. The van der Waals surface area contributed by atoms with Crippen LogP contribution in [0.3, 0.4) is 0 Å². The van der Waals surface area contributed by atoms with E-state index in [1.165, 1.54) is 0 Å². The molecule has 2 rings (SSSR count). The van der Waals surface area contributed by atoms with E-state index >= 15 is 0 Å². The van der Waals surface area contributed by atoms with Crippen LogP contribution in [0.4, 0.5) is 0 Å². The smallest absolute Gasteiger partial charge is 0.137 e. The summed E-state index contributed by atoms with van der Waals surface area (Å²) in [5.74, 6) is 0. The van der Waals surface area contributed by atoms with Crippen LogP contribution < -0.4 is 0 Å². The van der Waals surface area contributed by atoms with Gasteiger partial charge in [0.25, 0.3) is 0 Å². The zero-order chi connectivity index (χ0) is 11.4. The van der Waals surface area contributed by atoms with Gasteiger partial charge in [0, 0.05) is 18.0 Å². The lowest BCUT2D eigenvalue weighted by molar-refractivity contribution is 1.12. The molecule has 2 heterocycles. The van der Waals surface area contributed by atoms with Crippen molar-refractivity contribution in [2.75, 3.05) is 0 Å². The van der Waals surface area contributed by atoms with Gasteiger partial charge >= 0.3 is 0 Å². The Bertz CT molecular complexity index is 532. The molecule has 0 amide bonds. The number of nitriles is 1. The van der Waals surface area contributed by atoms with E-state index in [1.54, 1.807) is 12.4 Å². The van der Waals surface area contributed by atoms with E-state index in [0.717, 1.165) is 11.1 Å². The summed E-state index contributed by atoms with van der Waals surface area (Å²) >= 11 is 6.06. The topological polar surface area (TPSA) is 49.6 Å². The summed E-state index contributed by atoms with van der Waals surface area (Å²) < 4.78 is 0. The molecular formula is C12H8ClN3. The fourth-order valence-corrected chi connectivity index (χ4v) is 1.68. The van der Waals surface area contributed by atoms with Crippen molar-refractivity contribution in [2.24, 2.45) is 0 Å². The number of aromatic nitrogens is 2. The van der Waals surface area contributed by atoms with Crippen molar-refractivity contribution in [1.29, 1.82) is 5.26 Å². The van der Waals surface area contributed by atoms with Crippen LogP contribution in [0.1, 0.15) is 5.69 Å². The summed E-state index contributed by atoms with van der Waals surface area (Å²) in [5.41, 5.74) is 2.51. The maximum atomic E-state index is 8.56. The maximum absolute atomic E-state index is 8.56. The second-order valence-corrected chi connectivity index (χ2v) is 3.57. The molecule has 3 nitrogen and oxygen atoms in total. The predicted molar refractivity (Wildman–Crippen MR) is 61.8 cm³/mol. The van der Waals surface area contributed by atoms with Crippen LogP contribution in [0.5, 0.6) is 0 Å². The Morgan fingerprint density at radius 3 is 2.56 bits per heavy atom. The van der Waals surface area contributed by atoms with E-state index in [1.807, 2.05) is 30.3 Å². The van der Waals surface area contributed by atoms with Crippen molar-refractivity contribution in [3.63, 3.8) is 0 Å². The first-order valence-electron chi connectivity index (χ1n) is 4.74. The standard InChI is InChI=1S/C12H8ClN3/c13-12-11(9-4-7-15-8-5-9)2-1-10(16-12)3-6-14/h1-2,4-5,7-8H,3H2. The number of nitrogens with zero attached hydrogens (tertiary/aromatic N) is 3. The van der Waals surface area contributed by atoms with Crippen molar-refractivity contribution in [3.05, 3.63) is 47.5 Å². The van der Waals surface area contributed by atoms with Crippen molar-refractivity contribution in [1.82, 2.24) is 9.97 Å². The van der Waals surface area contributed by atoms with Gasteiger partial charge in [0.15, 0.2) is 0 Å². The number of halogens is 1. The molecule has 2 aromatic rings. The Kier molecular flexibility index (Phi) is 3.13. The molecule has 0 fully saturated rings. The van der Waals surface area contributed by atoms with Crippen LogP contribution in [0.2, 0.25) is 5.15 Å². The van der Waals surface area contributed by atoms with Gasteiger partial charge in [-0.1, -0.05) is 11.6 Å². The minimum atomic E-state index is 0.274. The fourth-order valence-electron chi connectivity index (χ4n) is 1.40. The summed E-state index contributed by atoms with van der Waals surface area (Å²) in [7, 11) is 0. The number of pyridine rings is 2. The summed E-state index contributed by atoms with van der Waals surface area (Å²) in [6.07, 6.45) is 3.68. The van der Waals surface area contributed by atoms with E-state index in [-0.39, 0.29) is 6.42 Å². The maximum Gasteiger partial charge on any atom is 0.137 e. The van der Waals surface area contributed by atoms with Crippen molar-refractivity contribution < 1.29 is 0 Å². The highest BCUT2D eigenvalue weighted by molar-refractivity contribution is 6.32. The van der Waals surface area contributed by atoms with Gasteiger partial charge in [-0.05, 0) is 29.8 Å². The lowest BCUT2D eigenvalue weighted by Crippen LogP contribution is -1.90. The molecule has 0 atom stereocenters. The Morgan fingerprint density at radius 2 is 1.94 bits per heavy atom. The van der Waals surface area contributed by atoms with Crippen LogP contribution in [0.15, 0.2) is 36.7 Å². The van der Waals surface area contributed by atoms with Gasteiger partial charge in [-0.2, -0.15) is 5.26 Å². The van der Waals surface area contributed by atoms with Crippen LogP contribution in [-0.2, 0) is 6.42 Å². The lowest BCUT2D eigenvalue weighted by Gasteiger charge is -2.04. The van der Waals surface area contributed by atoms with E-state index < -0.39 is 0 Å². The first kappa shape index (κ1) is 10.6. The van der Waals surface area contributed by atoms with Gasteiger partial charge in [0.05, 0.1) is 18.2 Å². The largest absolute Gasteiger partial charge is 0.265 e. The van der Waals surface area contributed by atoms with Gasteiger partial charge in [-0.3, -0.25) is 4.98 Å².